The Kier molecular flexibility index (Phi) is 5.82. The summed E-state index contributed by atoms with van der Waals surface area (Å²) in [7, 11) is 0. The molecule has 0 radical (unpaired) electrons. The van der Waals surface area contributed by atoms with Crippen LogP contribution in [0.3, 0.4) is 0 Å². The van der Waals surface area contributed by atoms with Gasteiger partial charge >= 0.3 is 0 Å². The predicted octanol–water partition coefficient (Wildman–Crippen LogP) is 1.67. The summed E-state index contributed by atoms with van der Waals surface area (Å²) in [5.41, 5.74) is 2.28. The lowest BCUT2D eigenvalue weighted by Gasteiger charge is -2.28. The molecule has 4 heterocycles. The van der Waals surface area contributed by atoms with Crippen molar-refractivity contribution in [3.8, 4) is 0 Å². The van der Waals surface area contributed by atoms with E-state index in [-0.39, 0.29) is 11.9 Å². The minimum Gasteiger partial charge on any atom is -0.379 e. The van der Waals surface area contributed by atoms with Gasteiger partial charge in [0.15, 0.2) is 0 Å². The fourth-order valence-electron chi connectivity index (χ4n) is 4.34. The summed E-state index contributed by atoms with van der Waals surface area (Å²) in [6, 6.07) is 4.46. The van der Waals surface area contributed by atoms with Gasteiger partial charge < -0.3 is 9.64 Å². The third-order valence-corrected chi connectivity index (χ3v) is 5.83. The molecule has 3 aliphatic rings. The van der Waals surface area contributed by atoms with Crippen molar-refractivity contribution in [1.82, 2.24) is 19.7 Å². The minimum atomic E-state index is 0.155. The van der Waals surface area contributed by atoms with Crippen LogP contribution in [0.1, 0.15) is 43.0 Å². The van der Waals surface area contributed by atoms with Crippen molar-refractivity contribution < 1.29 is 9.53 Å². The number of carbonyl (C=O) groups is 1. The molecule has 4 rings (SSSR count). The molecule has 3 saturated heterocycles. The number of hydrogen-bond acceptors (Lipinski definition) is 5. The first kappa shape index (κ1) is 17.9. The van der Waals surface area contributed by atoms with Crippen LogP contribution in [0.15, 0.2) is 18.3 Å². The number of ether oxygens (including phenoxy) is 1. The lowest BCUT2D eigenvalue weighted by Crippen LogP contribution is -2.39. The Labute approximate surface area is 156 Å². The molecule has 0 N–H and O–H groups in total. The van der Waals surface area contributed by atoms with Gasteiger partial charge in [0.2, 0.25) is 5.91 Å². The number of likely N-dealkylation sites (tertiary alicyclic amines) is 2. The van der Waals surface area contributed by atoms with Gasteiger partial charge in [-0.15, -0.1) is 0 Å². The van der Waals surface area contributed by atoms with E-state index in [2.05, 4.69) is 26.8 Å². The highest BCUT2D eigenvalue weighted by atomic mass is 16.5. The zero-order valence-corrected chi connectivity index (χ0v) is 15.6. The molecule has 0 aliphatic carbocycles. The summed E-state index contributed by atoms with van der Waals surface area (Å²) in [6.07, 6.45) is 6.55. The van der Waals surface area contributed by atoms with Crippen molar-refractivity contribution in [1.29, 1.82) is 0 Å². The van der Waals surface area contributed by atoms with Crippen LogP contribution < -0.4 is 0 Å². The highest BCUT2D eigenvalue weighted by molar-refractivity contribution is 5.79. The lowest BCUT2D eigenvalue weighted by molar-refractivity contribution is -0.133. The maximum Gasteiger partial charge on any atom is 0.237 e. The molecule has 0 spiro atoms. The van der Waals surface area contributed by atoms with Crippen LogP contribution in [0, 0.1) is 0 Å². The first-order valence-corrected chi connectivity index (χ1v) is 10.1. The predicted molar refractivity (Wildman–Crippen MR) is 99.7 cm³/mol. The number of aromatic nitrogens is 1. The van der Waals surface area contributed by atoms with E-state index in [1.165, 1.54) is 18.4 Å². The van der Waals surface area contributed by atoms with E-state index in [0.29, 0.717) is 6.54 Å². The van der Waals surface area contributed by atoms with Crippen LogP contribution in [-0.4, -0.2) is 78.1 Å². The Balaban J connectivity index is 1.36. The first-order valence-electron chi connectivity index (χ1n) is 10.1. The minimum absolute atomic E-state index is 0.155. The van der Waals surface area contributed by atoms with Gasteiger partial charge in [-0.05, 0) is 50.4 Å². The molecule has 0 unspecified atom stereocenters. The number of hydrogen-bond donors (Lipinski definition) is 0. The topological polar surface area (TPSA) is 48.9 Å². The second-order valence-electron chi connectivity index (χ2n) is 7.71. The van der Waals surface area contributed by atoms with E-state index < -0.39 is 0 Å². The van der Waals surface area contributed by atoms with E-state index >= 15 is 0 Å². The van der Waals surface area contributed by atoms with E-state index in [1.807, 2.05) is 6.20 Å². The van der Waals surface area contributed by atoms with Crippen molar-refractivity contribution in [2.45, 2.75) is 38.3 Å². The SMILES string of the molecule is O=C(CN1CCCC1)N1CCC[C@H]1c1ccc(CN2CCOCC2)cn1. The van der Waals surface area contributed by atoms with Crippen molar-refractivity contribution >= 4 is 5.91 Å². The fourth-order valence-corrected chi connectivity index (χ4v) is 4.34. The summed E-state index contributed by atoms with van der Waals surface area (Å²) >= 11 is 0. The number of rotatable bonds is 5. The van der Waals surface area contributed by atoms with Gasteiger partial charge in [-0.2, -0.15) is 0 Å². The van der Waals surface area contributed by atoms with E-state index in [1.54, 1.807) is 0 Å². The average Bonchev–Trinajstić information content (AvgIpc) is 3.35. The first-order chi connectivity index (χ1) is 12.8. The second kappa shape index (κ2) is 8.46. The molecular weight excluding hydrogens is 328 g/mol. The van der Waals surface area contributed by atoms with E-state index in [0.717, 1.165) is 71.0 Å². The molecule has 0 bridgehead atoms. The normalized spacial score (nSPS) is 25.1. The maximum absolute atomic E-state index is 12.8. The van der Waals surface area contributed by atoms with Gasteiger partial charge in [0.1, 0.15) is 0 Å². The van der Waals surface area contributed by atoms with Crippen LogP contribution in [0.4, 0.5) is 0 Å². The Hall–Kier alpha value is -1.50. The van der Waals surface area contributed by atoms with Crippen molar-refractivity contribution in [2.24, 2.45) is 0 Å². The monoisotopic (exact) mass is 358 g/mol. The molecule has 6 nitrogen and oxygen atoms in total. The Morgan fingerprint density at radius 3 is 2.58 bits per heavy atom. The smallest absolute Gasteiger partial charge is 0.237 e. The summed E-state index contributed by atoms with van der Waals surface area (Å²) in [5, 5.41) is 0. The Morgan fingerprint density at radius 2 is 1.85 bits per heavy atom. The van der Waals surface area contributed by atoms with Gasteiger partial charge in [0.25, 0.3) is 0 Å². The summed E-state index contributed by atoms with van der Waals surface area (Å²) in [5.74, 6) is 0.272. The van der Waals surface area contributed by atoms with E-state index in [9.17, 15) is 4.79 Å². The van der Waals surface area contributed by atoms with Crippen molar-refractivity contribution in [3.63, 3.8) is 0 Å². The Morgan fingerprint density at radius 1 is 1.04 bits per heavy atom. The summed E-state index contributed by atoms with van der Waals surface area (Å²) < 4.78 is 5.41. The van der Waals surface area contributed by atoms with Crippen LogP contribution in [0.2, 0.25) is 0 Å². The molecule has 0 saturated carbocycles. The maximum atomic E-state index is 12.8. The van der Waals surface area contributed by atoms with Gasteiger partial charge in [0.05, 0.1) is 31.5 Å². The molecule has 26 heavy (non-hydrogen) atoms. The molecule has 1 atom stereocenters. The number of pyridine rings is 1. The van der Waals surface area contributed by atoms with E-state index in [4.69, 9.17) is 9.72 Å². The van der Waals surface area contributed by atoms with Crippen LogP contribution >= 0.6 is 0 Å². The van der Waals surface area contributed by atoms with Crippen LogP contribution in [-0.2, 0) is 16.1 Å². The number of carbonyl (C=O) groups excluding carboxylic acids is 1. The standard InChI is InChI=1S/C20H30N4O2/c25-20(16-22-7-1-2-8-22)24-9-3-4-19(24)18-6-5-17(14-21-18)15-23-10-12-26-13-11-23/h5-6,14,19H,1-4,7-13,15-16H2/t19-/m0/s1. The van der Waals surface area contributed by atoms with Gasteiger partial charge in [0, 0.05) is 32.4 Å². The van der Waals surface area contributed by atoms with Gasteiger partial charge in [-0.1, -0.05) is 6.07 Å². The highest BCUT2D eigenvalue weighted by Gasteiger charge is 2.31. The molecule has 0 aromatic carbocycles. The molecule has 3 fully saturated rings. The van der Waals surface area contributed by atoms with Crippen LogP contribution in [0.5, 0.6) is 0 Å². The third-order valence-electron chi connectivity index (χ3n) is 5.83. The number of morpholine rings is 1. The zero-order valence-electron chi connectivity index (χ0n) is 15.6. The lowest BCUT2D eigenvalue weighted by atomic mass is 10.1. The molecule has 1 amide bonds. The quantitative estimate of drug-likeness (QED) is 0.801. The van der Waals surface area contributed by atoms with Crippen LogP contribution in [0.25, 0.3) is 0 Å². The number of amides is 1. The molecule has 1 aromatic heterocycles. The highest BCUT2D eigenvalue weighted by Crippen LogP contribution is 2.31. The molecule has 142 valence electrons. The summed E-state index contributed by atoms with van der Waals surface area (Å²) in [4.78, 5) is 24.2. The van der Waals surface area contributed by atoms with Gasteiger partial charge in [-0.25, -0.2) is 0 Å². The molecule has 3 aliphatic heterocycles. The molecular formula is C20H30N4O2. The number of nitrogens with zero attached hydrogens (tertiary/aromatic N) is 4. The third kappa shape index (κ3) is 4.24. The van der Waals surface area contributed by atoms with Crippen molar-refractivity contribution in [2.75, 3.05) is 52.5 Å². The zero-order chi connectivity index (χ0) is 17.8. The Bertz CT molecular complexity index is 594. The average molecular weight is 358 g/mol. The van der Waals surface area contributed by atoms with Crippen molar-refractivity contribution in [3.05, 3.63) is 29.6 Å². The molecule has 1 aromatic rings. The fraction of sp³-hybridized carbons (Fsp3) is 0.700. The summed E-state index contributed by atoms with van der Waals surface area (Å²) in [6.45, 7) is 8.13. The molecule has 6 heteroatoms. The largest absolute Gasteiger partial charge is 0.379 e. The van der Waals surface area contributed by atoms with Gasteiger partial charge in [-0.3, -0.25) is 19.6 Å². The second-order valence-corrected chi connectivity index (χ2v) is 7.71.